The number of benzene rings is 1. The lowest BCUT2D eigenvalue weighted by molar-refractivity contribution is 0.0516. The van der Waals surface area contributed by atoms with Crippen molar-refractivity contribution in [2.45, 2.75) is 13.5 Å². The maximum absolute atomic E-state index is 14.6. The Hall–Kier alpha value is -3.01. The van der Waals surface area contributed by atoms with E-state index in [9.17, 15) is 9.18 Å². The average Bonchev–Trinajstić information content (AvgIpc) is 3.04. The molecule has 0 bridgehead atoms. The standard InChI is InChI=1S/C22H18FIN4O2/c1-2-30-22(29)21-20(27-18-6-5-15(24)10-17(18)23)16-12-26-9-7-19(16)28(21)13-14-4-3-8-25-11-14/h3-12,27H,2,13H2,1H3. The minimum Gasteiger partial charge on any atom is -0.461 e. The van der Waals surface area contributed by atoms with Crippen LogP contribution in [0.5, 0.6) is 0 Å². The predicted octanol–water partition coefficient (Wildman–Crippen LogP) is 5.14. The maximum Gasteiger partial charge on any atom is 0.357 e. The van der Waals surface area contributed by atoms with Gasteiger partial charge in [-0.1, -0.05) is 6.07 Å². The van der Waals surface area contributed by atoms with Crippen molar-refractivity contribution in [2.24, 2.45) is 0 Å². The number of aromatic nitrogens is 3. The number of carbonyl (C=O) groups excluding carboxylic acids is 1. The molecule has 0 saturated heterocycles. The molecule has 0 saturated carbocycles. The molecule has 0 fully saturated rings. The molecule has 4 rings (SSSR count). The summed E-state index contributed by atoms with van der Waals surface area (Å²) in [7, 11) is 0. The summed E-state index contributed by atoms with van der Waals surface area (Å²) in [6.45, 7) is 2.38. The number of nitrogens with one attached hydrogen (secondary N) is 1. The summed E-state index contributed by atoms with van der Waals surface area (Å²) in [6, 6.07) is 10.5. The van der Waals surface area contributed by atoms with Crippen molar-refractivity contribution in [3.63, 3.8) is 0 Å². The highest BCUT2D eigenvalue weighted by Gasteiger charge is 2.25. The molecule has 30 heavy (non-hydrogen) atoms. The number of hydrogen-bond donors (Lipinski definition) is 1. The first-order chi connectivity index (χ1) is 14.6. The lowest BCUT2D eigenvalue weighted by atomic mass is 10.2. The second-order valence-corrected chi connectivity index (χ2v) is 7.78. The molecule has 1 N–H and O–H groups in total. The van der Waals surface area contributed by atoms with Crippen molar-refractivity contribution in [3.05, 3.63) is 81.8 Å². The average molecular weight is 516 g/mol. The largest absolute Gasteiger partial charge is 0.461 e. The van der Waals surface area contributed by atoms with Crippen LogP contribution in [0.25, 0.3) is 10.9 Å². The number of esters is 1. The van der Waals surface area contributed by atoms with Crippen LogP contribution in [0.2, 0.25) is 0 Å². The van der Waals surface area contributed by atoms with Gasteiger partial charge in [0.15, 0.2) is 5.69 Å². The molecule has 0 aliphatic rings. The molecule has 1 aromatic carbocycles. The number of carbonyl (C=O) groups is 1. The number of rotatable bonds is 6. The minimum atomic E-state index is -0.494. The summed E-state index contributed by atoms with van der Waals surface area (Å²) >= 11 is 2.05. The van der Waals surface area contributed by atoms with E-state index < -0.39 is 11.8 Å². The molecule has 3 heterocycles. The van der Waals surface area contributed by atoms with Crippen LogP contribution >= 0.6 is 22.6 Å². The van der Waals surface area contributed by atoms with Gasteiger partial charge in [-0.25, -0.2) is 9.18 Å². The molecule has 6 nitrogen and oxygen atoms in total. The van der Waals surface area contributed by atoms with Crippen molar-refractivity contribution in [3.8, 4) is 0 Å². The van der Waals surface area contributed by atoms with Gasteiger partial charge in [-0.05, 0) is 65.4 Å². The number of hydrogen-bond acceptors (Lipinski definition) is 5. The van der Waals surface area contributed by atoms with Gasteiger partial charge in [0.05, 0.1) is 23.5 Å². The van der Waals surface area contributed by atoms with Crippen molar-refractivity contribution in [1.82, 2.24) is 14.5 Å². The zero-order valence-electron chi connectivity index (χ0n) is 16.1. The summed E-state index contributed by atoms with van der Waals surface area (Å²) in [5.41, 5.74) is 2.74. The van der Waals surface area contributed by atoms with Crippen LogP contribution in [0.1, 0.15) is 23.0 Å². The zero-order chi connectivity index (χ0) is 21.1. The van der Waals surface area contributed by atoms with E-state index >= 15 is 0 Å². The highest BCUT2D eigenvalue weighted by molar-refractivity contribution is 14.1. The first-order valence-electron chi connectivity index (χ1n) is 9.32. The quantitative estimate of drug-likeness (QED) is 0.284. The maximum atomic E-state index is 14.6. The van der Waals surface area contributed by atoms with Crippen molar-refractivity contribution >= 4 is 50.8 Å². The Kier molecular flexibility index (Phi) is 5.93. The molecule has 0 atom stereocenters. The molecule has 0 aliphatic heterocycles. The normalized spacial score (nSPS) is 10.9. The summed E-state index contributed by atoms with van der Waals surface area (Å²) in [5.74, 6) is -0.903. The lowest BCUT2D eigenvalue weighted by Crippen LogP contribution is -2.15. The van der Waals surface area contributed by atoms with E-state index in [1.165, 1.54) is 6.07 Å². The number of halogens is 2. The molecule has 0 amide bonds. The van der Waals surface area contributed by atoms with Crippen LogP contribution < -0.4 is 5.32 Å². The summed E-state index contributed by atoms with van der Waals surface area (Å²) < 4.78 is 22.5. The summed E-state index contributed by atoms with van der Waals surface area (Å²) in [4.78, 5) is 21.3. The smallest absolute Gasteiger partial charge is 0.357 e. The van der Waals surface area contributed by atoms with Crippen LogP contribution in [-0.4, -0.2) is 27.1 Å². The molecule has 0 radical (unpaired) electrons. The third-order valence-corrected chi connectivity index (χ3v) is 5.26. The monoisotopic (exact) mass is 516 g/mol. The van der Waals surface area contributed by atoms with Crippen molar-refractivity contribution in [2.75, 3.05) is 11.9 Å². The second kappa shape index (κ2) is 8.78. The number of nitrogens with zero attached hydrogens (tertiary/aromatic N) is 3. The van der Waals surface area contributed by atoms with E-state index in [1.54, 1.807) is 43.8 Å². The first-order valence-corrected chi connectivity index (χ1v) is 10.4. The van der Waals surface area contributed by atoms with E-state index in [1.807, 2.05) is 22.8 Å². The molecule has 8 heteroatoms. The van der Waals surface area contributed by atoms with E-state index in [-0.39, 0.29) is 12.3 Å². The van der Waals surface area contributed by atoms with E-state index in [0.29, 0.717) is 23.3 Å². The van der Waals surface area contributed by atoms with Gasteiger partial charge in [-0.15, -0.1) is 0 Å². The van der Waals surface area contributed by atoms with Crippen LogP contribution in [0, 0.1) is 9.39 Å². The van der Waals surface area contributed by atoms with Gasteiger partial charge < -0.3 is 14.6 Å². The van der Waals surface area contributed by atoms with Gasteiger partial charge in [-0.2, -0.15) is 0 Å². The topological polar surface area (TPSA) is 69.0 Å². The minimum absolute atomic E-state index is 0.225. The van der Waals surface area contributed by atoms with E-state index in [0.717, 1.165) is 14.7 Å². The predicted molar refractivity (Wildman–Crippen MR) is 121 cm³/mol. The summed E-state index contributed by atoms with van der Waals surface area (Å²) in [5, 5.41) is 3.80. The molecule has 0 aliphatic carbocycles. The SMILES string of the molecule is CCOC(=O)c1c(Nc2ccc(I)cc2F)c2cnccc2n1Cc1cccnc1. The van der Waals surface area contributed by atoms with Gasteiger partial charge in [-0.3, -0.25) is 9.97 Å². The molecule has 3 aromatic heterocycles. The fourth-order valence-corrected chi connectivity index (χ4v) is 3.75. The third kappa shape index (κ3) is 4.00. The van der Waals surface area contributed by atoms with E-state index in [4.69, 9.17) is 4.74 Å². The number of ether oxygens (including phenoxy) is 1. The zero-order valence-corrected chi connectivity index (χ0v) is 18.3. The number of pyridine rings is 2. The molecule has 152 valence electrons. The molecule has 0 unspecified atom stereocenters. The summed E-state index contributed by atoms with van der Waals surface area (Å²) in [6.07, 6.45) is 6.75. The first kappa shape index (κ1) is 20.3. The highest BCUT2D eigenvalue weighted by atomic mass is 127. The van der Waals surface area contributed by atoms with Crippen LogP contribution in [0.3, 0.4) is 0 Å². The molecule has 0 spiro atoms. The van der Waals surface area contributed by atoms with Crippen LogP contribution in [0.15, 0.2) is 61.2 Å². The molecular formula is C22H18FIN4O2. The van der Waals surface area contributed by atoms with E-state index in [2.05, 4.69) is 37.9 Å². The number of anilines is 2. The Bertz CT molecular complexity index is 1210. The van der Waals surface area contributed by atoms with Crippen LogP contribution in [-0.2, 0) is 11.3 Å². The Morgan fingerprint density at radius 2 is 2.03 bits per heavy atom. The van der Waals surface area contributed by atoms with Gasteiger partial charge in [0.2, 0.25) is 0 Å². The highest BCUT2D eigenvalue weighted by Crippen LogP contribution is 2.35. The van der Waals surface area contributed by atoms with Gasteiger partial charge in [0, 0.05) is 40.3 Å². The van der Waals surface area contributed by atoms with Crippen LogP contribution in [0.4, 0.5) is 15.8 Å². The van der Waals surface area contributed by atoms with Gasteiger partial charge >= 0.3 is 5.97 Å². The van der Waals surface area contributed by atoms with Crippen molar-refractivity contribution < 1.29 is 13.9 Å². The molecule has 4 aromatic rings. The second-order valence-electron chi connectivity index (χ2n) is 6.53. The Balaban J connectivity index is 1.91. The fraction of sp³-hybridized carbons (Fsp3) is 0.136. The fourth-order valence-electron chi connectivity index (χ4n) is 3.30. The Labute approximate surface area is 186 Å². The number of fused-ring (bicyclic) bond motifs is 1. The van der Waals surface area contributed by atoms with Crippen molar-refractivity contribution in [1.29, 1.82) is 0 Å². The Morgan fingerprint density at radius 1 is 1.20 bits per heavy atom. The Morgan fingerprint density at radius 3 is 2.77 bits per heavy atom. The van der Waals surface area contributed by atoms with Gasteiger partial charge in [0.1, 0.15) is 5.82 Å². The lowest BCUT2D eigenvalue weighted by Gasteiger charge is -2.13. The third-order valence-electron chi connectivity index (χ3n) is 4.59. The van der Waals surface area contributed by atoms with Gasteiger partial charge in [0.25, 0.3) is 0 Å². The molecular weight excluding hydrogens is 498 g/mol.